The van der Waals surface area contributed by atoms with Crippen LogP contribution in [0, 0.1) is 11.6 Å². The summed E-state index contributed by atoms with van der Waals surface area (Å²) in [6.07, 6.45) is 0. The van der Waals surface area contributed by atoms with Crippen LogP contribution in [0.1, 0.15) is 0 Å². The molecule has 11 heteroatoms. The summed E-state index contributed by atoms with van der Waals surface area (Å²) in [4.78, 5) is 21.5. The van der Waals surface area contributed by atoms with Crippen LogP contribution in [0.25, 0.3) is 22.8 Å². The lowest BCUT2D eigenvalue weighted by Gasteiger charge is -2.35. The van der Waals surface area contributed by atoms with Gasteiger partial charge in [0.05, 0.1) is 0 Å². The van der Waals surface area contributed by atoms with E-state index in [4.69, 9.17) is 11.6 Å². The molecule has 0 spiro atoms. The van der Waals surface area contributed by atoms with Gasteiger partial charge in [0, 0.05) is 37.3 Å². The smallest absolute Gasteiger partial charge is 0.244 e. The molecule has 35 heavy (non-hydrogen) atoms. The Morgan fingerprint density at radius 1 is 0.829 bits per heavy atom. The maximum Gasteiger partial charge on any atom is 0.244 e. The predicted molar refractivity (Wildman–Crippen MR) is 127 cm³/mol. The highest BCUT2D eigenvalue weighted by Gasteiger charge is 2.24. The van der Waals surface area contributed by atoms with Crippen molar-refractivity contribution in [1.82, 2.24) is 29.9 Å². The molecule has 0 radical (unpaired) electrons. The van der Waals surface area contributed by atoms with Crippen molar-refractivity contribution in [3.63, 3.8) is 0 Å². The fourth-order valence-electron chi connectivity index (χ4n) is 3.88. The van der Waals surface area contributed by atoms with Gasteiger partial charge in [-0.1, -0.05) is 11.6 Å². The Kier molecular flexibility index (Phi) is 6.37. The van der Waals surface area contributed by atoms with Gasteiger partial charge in [0.2, 0.25) is 5.91 Å². The van der Waals surface area contributed by atoms with Crippen molar-refractivity contribution in [2.24, 2.45) is 0 Å². The summed E-state index contributed by atoms with van der Waals surface area (Å²) in [5.74, 6) is 0.616. The summed E-state index contributed by atoms with van der Waals surface area (Å²) in [5.41, 5.74) is 1.23. The molecule has 1 fully saturated rings. The molecule has 1 amide bonds. The molecule has 0 unspecified atom stereocenters. The van der Waals surface area contributed by atoms with E-state index in [1.54, 1.807) is 41.3 Å². The molecule has 8 nitrogen and oxygen atoms in total. The van der Waals surface area contributed by atoms with Crippen LogP contribution in [0.2, 0.25) is 5.15 Å². The maximum atomic E-state index is 13.5. The SMILES string of the molecule is O=C(Cn1nc(-c2ccc(F)cc2)nc1-c1ccc(F)cc1)N1CCN(c2ccc(Cl)nn2)CC1. The van der Waals surface area contributed by atoms with Gasteiger partial charge in [-0.3, -0.25) is 4.79 Å². The summed E-state index contributed by atoms with van der Waals surface area (Å²) in [5, 5.41) is 12.8. The van der Waals surface area contributed by atoms with Crippen LogP contribution in [0.5, 0.6) is 0 Å². The van der Waals surface area contributed by atoms with Crippen LogP contribution in [-0.4, -0.2) is 61.9 Å². The zero-order valence-electron chi connectivity index (χ0n) is 18.5. The Labute approximate surface area is 204 Å². The van der Waals surface area contributed by atoms with Gasteiger partial charge in [-0.2, -0.15) is 0 Å². The quantitative estimate of drug-likeness (QED) is 0.420. The lowest BCUT2D eigenvalue weighted by molar-refractivity contribution is -0.132. The van der Waals surface area contributed by atoms with E-state index in [-0.39, 0.29) is 24.1 Å². The highest BCUT2D eigenvalue weighted by atomic mass is 35.5. The number of anilines is 1. The van der Waals surface area contributed by atoms with Crippen LogP contribution in [-0.2, 0) is 11.3 Å². The molecular weight excluding hydrogens is 476 g/mol. The van der Waals surface area contributed by atoms with Gasteiger partial charge in [0.15, 0.2) is 22.6 Å². The molecule has 4 aromatic rings. The van der Waals surface area contributed by atoms with E-state index >= 15 is 0 Å². The highest BCUT2D eigenvalue weighted by molar-refractivity contribution is 6.29. The number of nitrogens with zero attached hydrogens (tertiary/aromatic N) is 7. The van der Waals surface area contributed by atoms with E-state index in [9.17, 15) is 13.6 Å². The van der Waals surface area contributed by atoms with Crippen LogP contribution >= 0.6 is 11.6 Å². The van der Waals surface area contributed by atoms with Crippen molar-refractivity contribution in [1.29, 1.82) is 0 Å². The number of amides is 1. The molecule has 2 aromatic carbocycles. The lowest BCUT2D eigenvalue weighted by Crippen LogP contribution is -2.50. The molecule has 3 heterocycles. The number of halogens is 3. The van der Waals surface area contributed by atoms with Crippen LogP contribution < -0.4 is 4.90 Å². The molecule has 0 N–H and O–H groups in total. The van der Waals surface area contributed by atoms with Gasteiger partial charge in [-0.15, -0.1) is 15.3 Å². The molecule has 0 saturated carbocycles. The third-order valence-electron chi connectivity index (χ3n) is 5.74. The van der Waals surface area contributed by atoms with Crippen molar-refractivity contribution in [2.75, 3.05) is 31.1 Å². The number of benzene rings is 2. The number of rotatable bonds is 5. The average Bonchev–Trinajstić information content (AvgIpc) is 3.29. The predicted octanol–water partition coefficient (Wildman–Crippen LogP) is 3.68. The maximum absolute atomic E-state index is 13.5. The first-order valence-electron chi connectivity index (χ1n) is 10.9. The zero-order chi connectivity index (χ0) is 24.4. The molecule has 1 aliphatic heterocycles. The Morgan fingerprint density at radius 3 is 2.06 bits per heavy atom. The number of carbonyl (C=O) groups is 1. The van der Waals surface area contributed by atoms with Gasteiger partial charge < -0.3 is 9.80 Å². The van der Waals surface area contributed by atoms with Gasteiger partial charge in [-0.25, -0.2) is 18.4 Å². The summed E-state index contributed by atoms with van der Waals surface area (Å²) >= 11 is 5.81. The topological polar surface area (TPSA) is 80.0 Å². The number of hydrogen-bond donors (Lipinski definition) is 0. The Balaban J connectivity index is 1.34. The van der Waals surface area contributed by atoms with Crippen molar-refractivity contribution in [2.45, 2.75) is 6.54 Å². The molecule has 0 bridgehead atoms. The highest BCUT2D eigenvalue weighted by Crippen LogP contribution is 2.24. The van der Waals surface area contributed by atoms with Gasteiger partial charge >= 0.3 is 0 Å². The van der Waals surface area contributed by atoms with Gasteiger partial charge in [-0.05, 0) is 60.7 Å². The molecular formula is C24H20ClF2N7O. The number of aromatic nitrogens is 5. The van der Waals surface area contributed by atoms with E-state index in [0.717, 1.165) is 0 Å². The summed E-state index contributed by atoms with van der Waals surface area (Å²) in [6.45, 7) is 2.18. The van der Waals surface area contributed by atoms with Crippen LogP contribution in [0.15, 0.2) is 60.7 Å². The Morgan fingerprint density at radius 2 is 1.46 bits per heavy atom. The Hall–Kier alpha value is -3.92. The third kappa shape index (κ3) is 5.12. The first-order valence-corrected chi connectivity index (χ1v) is 11.3. The molecule has 1 aliphatic rings. The van der Waals surface area contributed by atoms with Gasteiger partial charge in [0.25, 0.3) is 0 Å². The first kappa shape index (κ1) is 22.9. The molecule has 0 atom stereocenters. The van der Waals surface area contributed by atoms with Crippen molar-refractivity contribution >= 4 is 23.3 Å². The largest absolute Gasteiger partial charge is 0.352 e. The van der Waals surface area contributed by atoms with Crippen molar-refractivity contribution < 1.29 is 13.6 Å². The number of hydrogen-bond acceptors (Lipinski definition) is 6. The molecule has 1 saturated heterocycles. The second-order valence-corrected chi connectivity index (χ2v) is 8.40. The van der Waals surface area contributed by atoms with E-state index in [1.165, 1.54) is 28.9 Å². The monoisotopic (exact) mass is 495 g/mol. The Bertz CT molecular complexity index is 1320. The van der Waals surface area contributed by atoms with Gasteiger partial charge in [0.1, 0.15) is 18.2 Å². The summed E-state index contributed by atoms with van der Waals surface area (Å²) in [7, 11) is 0. The molecule has 5 rings (SSSR count). The number of piperazine rings is 1. The molecule has 2 aromatic heterocycles. The average molecular weight is 496 g/mol. The van der Waals surface area contributed by atoms with Crippen LogP contribution in [0.3, 0.4) is 0 Å². The first-order chi connectivity index (χ1) is 17.0. The second kappa shape index (κ2) is 9.75. The number of carbonyl (C=O) groups excluding carboxylic acids is 1. The van der Waals surface area contributed by atoms with Crippen LogP contribution in [0.4, 0.5) is 14.6 Å². The molecule has 0 aliphatic carbocycles. The normalized spacial score (nSPS) is 13.8. The van der Waals surface area contributed by atoms with E-state index in [0.29, 0.717) is 59.9 Å². The fraction of sp³-hybridized carbons (Fsp3) is 0.208. The second-order valence-electron chi connectivity index (χ2n) is 8.01. The fourth-order valence-corrected chi connectivity index (χ4v) is 3.98. The standard InChI is InChI=1S/C24H20ClF2N7O/c25-20-9-10-21(30-29-20)32-11-13-33(14-12-32)22(35)15-34-24(17-3-7-19(27)8-4-17)28-23(31-34)16-1-5-18(26)6-2-16/h1-10H,11-15H2. The van der Waals surface area contributed by atoms with E-state index in [2.05, 4.69) is 20.3 Å². The summed E-state index contributed by atoms with van der Waals surface area (Å²) in [6, 6.07) is 15.1. The third-order valence-corrected chi connectivity index (χ3v) is 5.94. The lowest BCUT2D eigenvalue weighted by atomic mass is 10.2. The minimum absolute atomic E-state index is 0.0400. The minimum Gasteiger partial charge on any atom is -0.352 e. The van der Waals surface area contributed by atoms with E-state index in [1.807, 2.05) is 4.90 Å². The minimum atomic E-state index is -0.377. The van der Waals surface area contributed by atoms with Crippen molar-refractivity contribution in [3.05, 3.63) is 77.5 Å². The molecule has 178 valence electrons. The zero-order valence-corrected chi connectivity index (χ0v) is 19.2. The van der Waals surface area contributed by atoms with E-state index < -0.39 is 0 Å². The summed E-state index contributed by atoms with van der Waals surface area (Å²) < 4.78 is 28.4. The van der Waals surface area contributed by atoms with Crippen molar-refractivity contribution in [3.8, 4) is 22.8 Å².